The molecule has 1 unspecified atom stereocenters. The molecule has 1 aromatic carbocycles. The van der Waals surface area contributed by atoms with Gasteiger partial charge in [0, 0.05) is 13.6 Å². The van der Waals surface area contributed by atoms with Crippen LogP contribution in [0, 0.1) is 0 Å². The molecule has 1 aromatic rings. The highest BCUT2D eigenvalue weighted by Crippen LogP contribution is 2.23. The zero-order chi connectivity index (χ0) is 11.8. The molecule has 0 fully saturated rings. The molecular weight excluding hydrogens is 194 g/mol. The van der Waals surface area contributed by atoms with E-state index in [0.717, 1.165) is 5.56 Å². The van der Waals surface area contributed by atoms with Crippen molar-refractivity contribution in [2.75, 3.05) is 0 Å². The highest BCUT2D eigenvalue weighted by atomic mass is 16.5. The van der Waals surface area contributed by atoms with Crippen molar-refractivity contribution in [3.63, 3.8) is 0 Å². The zero-order valence-corrected chi connectivity index (χ0v) is 9.17. The van der Waals surface area contributed by atoms with E-state index in [1.165, 1.54) is 6.26 Å². The molecule has 0 aromatic heterocycles. The summed E-state index contributed by atoms with van der Waals surface area (Å²) in [5.41, 5.74) is 1.07. The van der Waals surface area contributed by atoms with Gasteiger partial charge >= 0.3 is 0 Å². The van der Waals surface area contributed by atoms with Crippen molar-refractivity contribution in [3.05, 3.63) is 73.2 Å². The van der Waals surface area contributed by atoms with E-state index in [0.29, 0.717) is 5.76 Å². The van der Waals surface area contributed by atoms with Gasteiger partial charge in [0.25, 0.3) is 0 Å². The largest absolute Gasteiger partial charge is 0.470 e. The molecule has 77 valence electrons. The summed E-state index contributed by atoms with van der Waals surface area (Å²) in [4.78, 5) is 0. The summed E-state index contributed by atoms with van der Waals surface area (Å²) in [7, 11) is 7.24. The van der Waals surface area contributed by atoms with Gasteiger partial charge < -0.3 is 4.74 Å². The maximum Gasteiger partial charge on any atom is 0.102 e. The van der Waals surface area contributed by atoms with E-state index in [1.807, 2.05) is 30.3 Å². The minimum atomic E-state index is -0.0859. The summed E-state index contributed by atoms with van der Waals surface area (Å²) in [6, 6.07) is 9.88. The second-order valence-electron chi connectivity index (χ2n) is 3.17. The Morgan fingerprint density at radius 3 is 2.50 bits per heavy atom. The Morgan fingerprint density at radius 2 is 2.00 bits per heavy atom. The molecule has 0 heterocycles. The molecule has 0 saturated heterocycles. The van der Waals surface area contributed by atoms with Crippen molar-refractivity contribution in [2.45, 2.75) is 5.82 Å². The van der Waals surface area contributed by atoms with Gasteiger partial charge in [-0.2, -0.15) is 0 Å². The van der Waals surface area contributed by atoms with E-state index in [1.54, 1.807) is 19.3 Å². The van der Waals surface area contributed by atoms with Gasteiger partial charge in [0.1, 0.15) is 5.76 Å². The number of hydrogen-bond acceptors (Lipinski definition) is 1. The highest BCUT2D eigenvalue weighted by Gasteiger charge is 2.14. The van der Waals surface area contributed by atoms with Crippen molar-refractivity contribution in [1.82, 2.24) is 0 Å². The van der Waals surface area contributed by atoms with Crippen LogP contribution in [0.4, 0.5) is 0 Å². The zero-order valence-electron chi connectivity index (χ0n) is 9.17. The summed E-state index contributed by atoms with van der Waals surface area (Å²) >= 11 is 0. The Balaban J connectivity index is 3.00. The van der Waals surface area contributed by atoms with Gasteiger partial charge in [-0.15, -0.1) is 0 Å². The van der Waals surface area contributed by atoms with Crippen LogP contribution in [-0.4, -0.2) is 14.9 Å². The third-order valence-electron chi connectivity index (χ3n) is 2.16. The maximum absolute atomic E-state index is 5.65. The van der Waals surface area contributed by atoms with Gasteiger partial charge in [-0.1, -0.05) is 49.6 Å². The number of rotatable bonds is 6. The van der Waals surface area contributed by atoms with Crippen LogP contribution in [-0.2, 0) is 4.74 Å². The van der Waals surface area contributed by atoms with Crippen molar-refractivity contribution in [3.8, 4) is 0 Å². The maximum atomic E-state index is 5.65. The first-order valence-corrected chi connectivity index (χ1v) is 5.03. The van der Waals surface area contributed by atoms with E-state index in [2.05, 4.69) is 13.2 Å². The smallest absolute Gasteiger partial charge is 0.102 e. The molecule has 3 radical (unpaired) electrons. The van der Waals surface area contributed by atoms with Gasteiger partial charge in [0.2, 0.25) is 0 Å². The minimum Gasteiger partial charge on any atom is -0.470 e. The second kappa shape index (κ2) is 6.78. The molecule has 1 rings (SSSR count). The van der Waals surface area contributed by atoms with Crippen LogP contribution in [0.15, 0.2) is 67.7 Å². The van der Waals surface area contributed by atoms with Gasteiger partial charge in [-0.3, -0.25) is 0 Å². The molecule has 1 atom stereocenters. The van der Waals surface area contributed by atoms with Crippen LogP contribution in [0.3, 0.4) is 0 Å². The fourth-order valence-corrected chi connectivity index (χ4v) is 1.46. The van der Waals surface area contributed by atoms with Crippen LogP contribution in [0.2, 0.25) is 0 Å². The van der Waals surface area contributed by atoms with Gasteiger partial charge in [0.05, 0.1) is 13.4 Å². The van der Waals surface area contributed by atoms with E-state index in [4.69, 9.17) is 12.5 Å². The first-order valence-electron chi connectivity index (χ1n) is 5.03. The predicted molar refractivity (Wildman–Crippen MR) is 70.3 cm³/mol. The van der Waals surface area contributed by atoms with Crippen molar-refractivity contribution in [2.24, 2.45) is 0 Å². The molecule has 0 amide bonds. The van der Waals surface area contributed by atoms with Gasteiger partial charge in [0.15, 0.2) is 0 Å². The lowest BCUT2D eigenvalue weighted by molar-refractivity contribution is 0.338. The Hall–Kier alpha value is -1.63. The summed E-state index contributed by atoms with van der Waals surface area (Å²) in [6.45, 7) is 7.19. The molecule has 0 spiro atoms. The molecule has 0 aliphatic rings. The normalized spacial score (nSPS) is 12.6. The number of hydrogen-bond donors (Lipinski definition) is 0. The topological polar surface area (TPSA) is 9.23 Å². The molecule has 0 N–H and O–H groups in total. The average Bonchev–Trinajstić information content (AvgIpc) is 2.32. The summed E-state index contributed by atoms with van der Waals surface area (Å²) in [6.07, 6.45) is 4.83. The SMILES string of the molecule is [B][B]C(/C(=C/C=C)OC=C)c1ccccc1. The Morgan fingerprint density at radius 1 is 1.31 bits per heavy atom. The van der Waals surface area contributed by atoms with Crippen LogP contribution in [0.1, 0.15) is 11.4 Å². The molecule has 16 heavy (non-hydrogen) atoms. The van der Waals surface area contributed by atoms with E-state index < -0.39 is 0 Å². The Bertz CT molecular complexity index is 371. The first-order chi connectivity index (χ1) is 7.83. The lowest BCUT2D eigenvalue weighted by Crippen LogP contribution is -2.12. The summed E-state index contributed by atoms with van der Waals surface area (Å²) in [5, 5.41) is 0. The van der Waals surface area contributed by atoms with Crippen molar-refractivity contribution in [1.29, 1.82) is 0 Å². The lowest BCUT2D eigenvalue weighted by atomic mass is 9.45. The third kappa shape index (κ3) is 3.20. The Kier molecular flexibility index (Phi) is 5.27. The molecule has 1 nitrogen and oxygen atoms in total. The highest BCUT2D eigenvalue weighted by molar-refractivity contribution is 6.90. The lowest BCUT2D eigenvalue weighted by Gasteiger charge is -2.18. The molecule has 0 aliphatic carbocycles. The molecule has 0 bridgehead atoms. The molecular formula is C13H13B2O. The summed E-state index contributed by atoms with van der Waals surface area (Å²) < 4.78 is 5.33. The van der Waals surface area contributed by atoms with E-state index >= 15 is 0 Å². The standard InChI is InChI=1S/C13H13B2O/c1-3-8-12(16-4-2)13(15-14)11-9-6-5-7-10-11/h3-10,13H,1-2H2/b12-8-. The van der Waals surface area contributed by atoms with Crippen LogP contribution >= 0.6 is 0 Å². The molecule has 0 aliphatic heterocycles. The number of allylic oxidation sites excluding steroid dienone is 3. The Labute approximate surface area is 99.2 Å². The van der Waals surface area contributed by atoms with Crippen molar-refractivity contribution >= 4 is 14.9 Å². The third-order valence-corrected chi connectivity index (χ3v) is 2.16. The van der Waals surface area contributed by atoms with Crippen molar-refractivity contribution < 1.29 is 4.74 Å². The average molecular weight is 207 g/mol. The fraction of sp³-hybridized carbons (Fsp3) is 0.0769. The predicted octanol–water partition coefficient (Wildman–Crippen LogP) is 2.75. The van der Waals surface area contributed by atoms with Crippen LogP contribution in [0.5, 0.6) is 0 Å². The van der Waals surface area contributed by atoms with E-state index in [-0.39, 0.29) is 5.82 Å². The van der Waals surface area contributed by atoms with E-state index in [9.17, 15) is 0 Å². The fourth-order valence-electron chi connectivity index (χ4n) is 1.46. The van der Waals surface area contributed by atoms with Crippen LogP contribution < -0.4 is 0 Å². The quantitative estimate of drug-likeness (QED) is 0.395. The van der Waals surface area contributed by atoms with Gasteiger partial charge in [-0.25, -0.2) is 0 Å². The molecule has 3 heteroatoms. The minimum absolute atomic E-state index is 0.0859. The second-order valence-corrected chi connectivity index (χ2v) is 3.17. The van der Waals surface area contributed by atoms with Gasteiger partial charge in [-0.05, 0) is 11.6 Å². The first kappa shape index (κ1) is 12.4. The number of benzene rings is 1. The molecule has 0 saturated carbocycles. The summed E-state index contributed by atoms with van der Waals surface area (Å²) in [5.74, 6) is 0.621. The number of ether oxygens (including phenoxy) is 1. The monoisotopic (exact) mass is 207 g/mol. The van der Waals surface area contributed by atoms with Crippen LogP contribution in [0.25, 0.3) is 0 Å².